The van der Waals surface area contributed by atoms with Crippen LogP contribution in [0.3, 0.4) is 0 Å². The van der Waals surface area contributed by atoms with Crippen LogP contribution < -0.4 is 0 Å². The first-order chi connectivity index (χ1) is 24.6. The fourth-order valence-corrected chi connectivity index (χ4v) is 8.27. The largest absolute Gasteiger partial charge is 0.298 e. The zero-order valence-corrected chi connectivity index (χ0v) is 36.4. The highest BCUT2D eigenvalue weighted by atomic mass is 15.2. The van der Waals surface area contributed by atoms with E-state index in [0.717, 1.165) is 0 Å². The van der Waals surface area contributed by atoms with Crippen LogP contribution in [0.2, 0.25) is 0 Å². The predicted octanol–water partition coefficient (Wildman–Crippen LogP) is 18.1. The Morgan fingerprint density at radius 1 is 0.240 bits per heavy atom. The SMILES string of the molecule is CCCCCCCCCCCCCCCCCN(CCCCCCCCCCCCCCCCC)C(C)(C)CCCCCCCCCCCC. The van der Waals surface area contributed by atoms with Gasteiger partial charge in [-0.25, -0.2) is 0 Å². The molecule has 0 aromatic rings. The van der Waals surface area contributed by atoms with Crippen LogP contribution in [0.1, 0.15) is 298 Å². The Hall–Kier alpha value is -0.0400. The Bertz CT molecular complexity index is 562. The van der Waals surface area contributed by atoms with E-state index in [1.807, 2.05) is 0 Å². The van der Waals surface area contributed by atoms with Crippen LogP contribution in [0.4, 0.5) is 0 Å². The second-order valence-electron chi connectivity index (χ2n) is 17.6. The highest BCUT2D eigenvalue weighted by molar-refractivity contribution is 4.81. The maximum absolute atomic E-state index is 2.94. The number of nitrogens with zero attached hydrogens (tertiary/aromatic N) is 1. The first kappa shape index (κ1) is 50.0. The third-order valence-corrected chi connectivity index (χ3v) is 12.1. The van der Waals surface area contributed by atoms with Gasteiger partial charge in [0.1, 0.15) is 0 Å². The van der Waals surface area contributed by atoms with Crippen LogP contribution in [-0.2, 0) is 0 Å². The highest BCUT2D eigenvalue weighted by Crippen LogP contribution is 2.25. The molecule has 0 amide bonds. The van der Waals surface area contributed by atoms with Crippen LogP contribution >= 0.6 is 0 Å². The summed E-state index contributed by atoms with van der Waals surface area (Å²) >= 11 is 0. The Morgan fingerprint density at radius 3 is 0.640 bits per heavy atom. The fourth-order valence-electron chi connectivity index (χ4n) is 8.27. The van der Waals surface area contributed by atoms with E-state index >= 15 is 0 Å². The van der Waals surface area contributed by atoms with Gasteiger partial charge < -0.3 is 0 Å². The van der Waals surface area contributed by atoms with E-state index in [0.29, 0.717) is 5.54 Å². The molecule has 0 aromatic carbocycles. The van der Waals surface area contributed by atoms with Gasteiger partial charge in [0.15, 0.2) is 0 Å². The molecule has 0 unspecified atom stereocenters. The Labute approximate surface area is 320 Å². The van der Waals surface area contributed by atoms with Gasteiger partial charge in [0.05, 0.1) is 0 Å². The molecule has 1 nitrogen and oxygen atoms in total. The second-order valence-corrected chi connectivity index (χ2v) is 17.6. The topological polar surface area (TPSA) is 3.24 Å². The van der Waals surface area contributed by atoms with Crippen molar-refractivity contribution in [2.24, 2.45) is 0 Å². The number of hydrogen-bond acceptors (Lipinski definition) is 1. The zero-order valence-electron chi connectivity index (χ0n) is 36.4. The fraction of sp³-hybridized carbons (Fsp3) is 1.00. The third-order valence-electron chi connectivity index (χ3n) is 12.1. The maximum atomic E-state index is 2.94. The van der Waals surface area contributed by atoms with Gasteiger partial charge in [0.2, 0.25) is 0 Å². The maximum Gasteiger partial charge on any atom is 0.0153 e. The van der Waals surface area contributed by atoms with Crippen molar-refractivity contribution in [1.82, 2.24) is 4.90 Å². The minimum absolute atomic E-state index is 0.367. The third kappa shape index (κ3) is 37.7. The standard InChI is InChI=1S/C49H101N/c1-6-9-12-15-18-21-24-26-28-30-32-35-38-41-44-47-50(49(4,5)46-43-40-37-34-23-20-17-14-11-8-3)48-45-42-39-36-33-31-29-27-25-22-19-16-13-10-7-2/h6-48H2,1-5H3. The summed E-state index contributed by atoms with van der Waals surface area (Å²) in [6.07, 6.45) is 59.7. The van der Waals surface area contributed by atoms with E-state index < -0.39 is 0 Å². The molecule has 0 saturated heterocycles. The normalized spacial score (nSPS) is 12.1. The minimum atomic E-state index is 0.367. The Kier molecular flexibility index (Phi) is 41.7. The lowest BCUT2D eigenvalue weighted by molar-refractivity contribution is 0.102. The molecule has 0 heterocycles. The van der Waals surface area contributed by atoms with Gasteiger partial charge in [-0.15, -0.1) is 0 Å². The van der Waals surface area contributed by atoms with Crippen LogP contribution in [-0.4, -0.2) is 23.5 Å². The van der Waals surface area contributed by atoms with E-state index in [9.17, 15) is 0 Å². The summed E-state index contributed by atoms with van der Waals surface area (Å²) in [5, 5.41) is 0. The van der Waals surface area contributed by atoms with E-state index in [1.165, 1.54) is 276 Å². The number of rotatable bonds is 44. The zero-order chi connectivity index (χ0) is 36.5. The summed E-state index contributed by atoms with van der Waals surface area (Å²) in [6, 6.07) is 0. The average Bonchev–Trinajstić information content (AvgIpc) is 3.11. The van der Waals surface area contributed by atoms with E-state index in [4.69, 9.17) is 0 Å². The molecule has 0 bridgehead atoms. The molecule has 0 rings (SSSR count). The summed E-state index contributed by atoms with van der Waals surface area (Å²) < 4.78 is 0. The monoisotopic (exact) mass is 704 g/mol. The molecule has 0 aliphatic rings. The summed E-state index contributed by atoms with van der Waals surface area (Å²) in [4.78, 5) is 2.94. The van der Waals surface area contributed by atoms with Crippen molar-refractivity contribution in [2.45, 2.75) is 303 Å². The molecule has 302 valence electrons. The lowest BCUT2D eigenvalue weighted by Crippen LogP contribution is -2.45. The van der Waals surface area contributed by atoms with Gasteiger partial charge in [-0.3, -0.25) is 4.90 Å². The van der Waals surface area contributed by atoms with E-state index in [2.05, 4.69) is 39.5 Å². The molecule has 0 aliphatic carbocycles. The predicted molar refractivity (Wildman–Crippen MR) is 232 cm³/mol. The van der Waals surface area contributed by atoms with Gasteiger partial charge in [0, 0.05) is 5.54 Å². The van der Waals surface area contributed by atoms with Crippen LogP contribution in [0.5, 0.6) is 0 Å². The van der Waals surface area contributed by atoms with Crippen LogP contribution in [0.25, 0.3) is 0 Å². The highest BCUT2D eigenvalue weighted by Gasteiger charge is 2.25. The van der Waals surface area contributed by atoms with Crippen molar-refractivity contribution in [3.05, 3.63) is 0 Å². The van der Waals surface area contributed by atoms with Crippen molar-refractivity contribution in [3.63, 3.8) is 0 Å². The average molecular weight is 704 g/mol. The molecule has 0 saturated carbocycles. The molecule has 0 spiro atoms. The molecule has 0 N–H and O–H groups in total. The molecular weight excluding hydrogens is 603 g/mol. The molecular formula is C49H101N. The van der Waals surface area contributed by atoms with Gasteiger partial charge in [-0.1, -0.05) is 265 Å². The van der Waals surface area contributed by atoms with Crippen molar-refractivity contribution in [2.75, 3.05) is 13.1 Å². The smallest absolute Gasteiger partial charge is 0.0153 e. The number of unbranched alkanes of at least 4 members (excludes halogenated alkanes) is 37. The van der Waals surface area contributed by atoms with Crippen LogP contribution in [0.15, 0.2) is 0 Å². The van der Waals surface area contributed by atoms with Crippen LogP contribution in [0, 0.1) is 0 Å². The van der Waals surface area contributed by atoms with E-state index in [1.54, 1.807) is 0 Å². The first-order valence-electron chi connectivity index (χ1n) is 24.3. The Balaban J connectivity index is 4.17. The summed E-state index contributed by atoms with van der Waals surface area (Å²) in [5.41, 5.74) is 0.367. The summed E-state index contributed by atoms with van der Waals surface area (Å²) in [5.74, 6) is 0. The summed E-state index contributed by atoms with van der Waals surface area (Å²) in [6.45, 7) is 14.8. The molecule has 0 fully saturated rings. The van der Waals surface area contributed by atoms with Crippen molar-refractivity contribution >= 4 is 0 Å². The molecule has 1 heteroatoms. The summed E-state index contributed by atoms with van der Waals surface area (Å²) in [7, 11) is 0. The van der Waals surface area contributed by atoms with Crippen molar-refractivity contribution in [1.29, 1.82) is 0 Å². The van der Waals surface area contributed by atoms with Gasteiger partial charge in [-0.05, 0) is 46.2 Å². The van der Waals surface area contributed by atoms with Crippen molar-refractivity contribution in [3.8, 4) is 0 Å². The molecule has 50 heavy (non-hydrogen) atoms. The lowest BCUT2D eigenvalue weighted by atomic mass is 9.92. The second kappa shape index (κ2) is 41.7. The minimum Gasteiger partial charge on any atom is -0.298 e. The lowest BCUT2D eigenvalue weighted by Gasteiger charge is -2.39. The van der Waals surface area contributed by atoms with Crippen molar-refractivity contribution < 1.29 is 0 Å². The molecule has 0 aromatic heterocycles. The van der Waals surface area contributed by atoms with E-state index in [-0.39, 0.29) is 0 Å². The first-order valence-corrected chi connectivity index (χ1v) is 24.3. The van der Waals surface area contributed by atoms with Gasteiger partial charge >= 0.3 is 0 Å². The van der Waals surface area contributed by atoms with Gasteiger partial charge in [-0.2, -0.15) is 0 Å². The molecule has 0 atom stereocenters. The number of hydrogen-bond donors (Lipinski definition) is 0. The Morgan fingerprint density at radius 2 is 0.420 bits per heavy atom. The van der Waals surface area contributed by atoms with Gasteiger partial charge in [0.25, 0.3) is 0 Å². The quantitative estimate of drug-likeness (QED) is 0.0571. The molecule has 0 radical (unpaired) electrons. The molecule has 0 aliphatic heterocycles.